The van der Waals surface area contributed by atoms with E-state index in [9.17, 15) is 9.90 Å². The first kappa shape index (κ1) is 19.3. The maximum atomic E-state index is 11.6. The molecule has 1 N–H and O–H groups in total. The highest BCUT2D eigenvalue weighted by molar-refractivity contribution is 6.83. The van der Waals surface area contributed by atoms with Crippen LogP contribution in [0.4, 0.5) is 0 Å². The first-order valence-corrected chi connectivity index (χ1v) is 10.8. The third kappa shape index (κ3) is 5.15. The van der Waals surface area contributed by atoms with Crippen molar-refractivity contribution in [3.05, 3.63) is 40.0 Å². The maximum absolute atomic E-state index is 11.6. The number of benzene rings is 1. The Labute approximate surface area is 142 Å². The number of carbonyl (C=O) groups excluding carboxylic acids is 1. The summed E-state index contributed by atoms with van der Waals surface area (Å²) in [6.07, 6.45) is 0. The molecule has 0 aliphatic carbocycles. The van der Waals surface area contributed by atoms with Crippen LogP contribution in [-0.2, 0) is 9.53 Å². The van der Waals surface area contributed by atoms with E-state index in [0.717, 1.165) is 12.7 Å². The molecule has 0 bridgehead atoms. The van der Waals surface area contributed by atoms with E-state index in [-0.39, 0.29) is 12.2 Å². The van der Waals surface area contributed by atoms with Crippen LogP contribution in [0.25, 0.3) is 10.7 Å². The molecular weight excluding hydrogens is 324 g/mol. The molecule has 0 spiro atoms. The number of aliphatic hydroxyl groups excluding tert-OH is 1. The summed E-state index contributed by atoms with van der Waals surface area (Å²) >= 11 is 0. The van der Waals surface area contributed by atoms with E-state index in [1.54, 1.807) is 25.1 Å². The molecule has 0 saturated carbocycles. The Bertz CT molecular complexity index is 762. The number of rotatable bonds is 4. The van der Waals surface area contributed by atoms with Gasteiger partial charge in [-0.2, -0.15) is 0 Å². The summed E-state index contributed by atoms with van der Waals surface area (Å²) < 4.78 is 10.2. The molecule has 0 heterocycles. The fourth-order valence-electron chi connectivity index (χ4n) is 1.85. The van der Waals surface area contributed by atoms with Gasteiger partial charge in [0, 0.05) is 0 Å². The van der Waals surface area contributed by atoms with E-state index in [1.807, 2.05) is 0 Å². The van der Waals surface area contributed by atoms with Gasteiger partial charge in [-0.15, -0.1) is 5.54 Å². The van der Waals surface area contributed by atoms with Gasteiger partial charge in [0.1, 0.15) is 20.4 Å². The van der Waals surface area contributed by atoms with Crippen LogP contribution in [0.2, 0.25) is 19.6 Å². The van der Waals surface area contributed by atoms with Crippen molar-refractivity contribution in [1.82, 2.24) is 0 Å². The number of hydrogen-bond acceptors (Lipinski definition) is 5. The molecular formula is C17H21N2O4Si+. The quantitative estimate of drug-likeness (QED) is 0.225. The van der Waals surface area contributed by atoms with Crippen molar-refractivity contribution in [2.75, 3.05) is 13.7 Å². The number of esters is 1. The van der Waals surface area contributed by atoms with Crippen molar-refractivity contribution in [1.29, 1.82) is 5.39 Å². The summed E-state index contributed by atoms with van der Waals surface area (Å²) in [7, 11) is -0.372. The molecule has 1 aromatic rings. The van der Waals surface area contributed by atoms with Crippen molar-refractivity contribution >= 4 is 19.8 Å². The van der Waals surface area contributed by atoms with Crippen molar-refractivity contribution in [2.24, 2.45) is 0 Å². The topological polar surface area (TPSA) is 83.9 Å². The normalized spacial score (nSPS) is 11.5. The number of diazo groups is 1. The zero-order chi connectivity index (χ0) is 18.3. The summed E-state index contributed by atoms with van der Waals surface area (Å²) in [6.45, 7) is 8.32. The lowest BCUT2D eigenvalue weighted by atomic mass is 10.1. The molecule has 1 rings (SSSR count). The molecule has 0 aliphatic rings. The Morgan fingerprint density at radius 3 is 2.58 bits per heavy atom. The highest BCUT2D eigenvalue weighted by atomic mass is 28.3. The predicted octanol–water partition coefficient (Wildman–Crippen LogP) is 3.51. The number of nitrogens with zero attached hydrogens (tertiary/aromatic N) is 2. The molecule has 0 aliphatic heterocycles. The molecule has 7 heteroatoms. The highest BCUT2D eigenvalue weighted by Crippen LogP contribution is 2.30. The van der Waals surface area contributed by atoms with Gasteiger partial charge < -0.3 is 14.6 Å². The van der Waals surface area contributed by atoms with E-state index >= 15 is 0 Å². The standard InChI is InChI=1S/C17H20N2O4Si/c1-12-8-6-9-13(15(20)14(19-18)17(21)22-2)16(12)23-10-7-11-24(3,4)5/h6,8-9H,10H2,1-5H3/p+1. The second-order valence-corrected chi connectivity index (χ2v) is 10.8. The summed E-state index contributed by atoms with van der Waals surface area (Å²) in [6, 6.07) is 5.04. The Balaban J connectivity index is 3.25. The Morgan fingerprint density at radius 1 is 1.38 bits per heavy atom. The van der Waals surface area contributed by atoms with Crippen molar-refractivity contribution in [3.8, 4) is 17.2 Å². The van der Waals surface area contributed by atoms with Gasteiger partial charge in [-0.05, 0) is 18.6 Å². The van der Waals surface area contributed by atoms with Gasteiger partial charge in [-0.25, -0.2) is 4.79 Å². The van der Waals surface area contributed by atoms with Gasteiger partial charge in [0.2, 0.25) is 11.2 Å². The summed E-state index contributed by atoms with van der Waals surface area (Å²) in [5, 5.41) is 19.3. The second kappa shape index (κ2) is 8.18. The fraction of sp³-hybridized carbons (Fsp3) is 0.353. The first-order valence-electron chi connectivity index (χ1n) is 7.30. The van der Waals surface area contributed by atoms with Gasteiger partial charge in [0.05, 0.1) is 12.7 Å². The Morgan fingerprint density at radius 2 is 2.04 bits per heavy atom. The molecule has 1 aromatic carbocycles. The molecule has 0 aromatic heterocycles. The SMILES string of the molecule is COC(=O)/C([N+]#N)=C(\O)c1cccc(C)c1OCC#C[Si](C)(C)C. The van der Waals surface area contributed by atoms with E-state index < -0.39 is 25.5 Å². The summed E-state index contributed by atoms with van der Waals surface area (Å²) in [5.41, 5.74) is 3.55. The Hall–Kier alpha value is -2.77. The number of hydrogen-bond donors (Lipinski definition) is 1. The summed E-state index contributed by atoms with van der Waals surface area (Å²) in [5.74, 6) is 1.85. The molecule has 0 atom stereocenters. The van der Waals surface area contributed by atoms with Crippen LogP contribution in [0, 0.1) is 23.8 Å². The highest BCUT2D eigenvalue weighted by Gasteiger charge is 2.32. The van der Waals surface area contributed by atoms with Crippen LogP contribution in [0.1, 0.15) is 11.1 Å². The van der Waals surface area contributed by atoms with E-state index in [0.29, 0.717) is 5.75 Å². The Kier molecular flexibility index (Phi) is 6.57. The number of methoxy groups -OCH3 is 1. The average Bonchev–Trinajstić information content (AvgIpc) is 2.51. The van der Waals surface area contributed by atoms with Crippen LogP contribution in [0.3, 0.4) is 0 Å². The van der Waals surface area contributed by atoms with Crippen LogP contribution in [-0.4, -0.2) is 32.9 Å². The van der Waals surface area contributed by atoms with Gasteiger partial charge in [-0.1, -0.05) is 37.7 Å². The number of carbonyl (C=O) groups is 1. The van der Waals surface area contributed by atoms with Gasteiger partial charge in [0.15, 0.2) is 4.98 Å². The largest absolute Gasteiger partial charge is 0.510 e. The number of aryl methyl sites for hydroxylation is 1. The van der Waals surface area contributed by atoms with Crippen molar-refractivity contribution < 1.29 is 19.4 Å². The lowest BCUT2D eigenvalue weighted by molar-refractivity contribution is -0.135. The lowest BCUT2D eigenvalue weighted by Gasteiger charge is -2.11. The molecule has 0 saturated heterocycles. The van der Waals surface area contributed by atoms with Crippen molar-refractivity contribution in [2.45, 2.75) is 26.6 Å². The summed E-state index contributed by atoms with van der Waals surface area (Å²) in [4.78, 5) is 14.4. The zero-order valence-electron chi connectivity index (χ0n) is 14.5. The number of para-hydroxylation sites is 1. The molecule has 24 heavy (non-hydrogen) atoms. The smallest absolute Gasteiger partial charge is 0.501 e. The maximum Gasteiger partial charge on any atom is 0.510 e. The predicted molar refractivity (Wildman–Crippen MR) is 94.4 cm³/mol. The van der Waals surface area contributed by atoms with E-state index in [1.165, 1.54) is 0 Å². The molecule has 6 nitrogen and oxygen atoms in total. The van der Waals surface area contributed by atoms with Crippen LogP contribution < -0.4 is 4.74 Å². The second-order valence-electron chi connectivity index (χ2n) is 6.08. The molecule has 126 valence electrons. The minimum absolute atomic E-state index is 0.152. The van der Waals surface area contributed by atoms with Gasteiger partial charge in [0.25, 0.3) is 0 Å². The van der Waals surface area contributed by atoms with E-state index in [4.69, 9.17) is 10.1 Å². The van der Waals surface area contributed by atoms with Crippen LogP contribution in [0.15, 0.2) is 23.9 Å². The van der Waals surface area contributed by atoms with Crippen LogP contribution >= 0.6 is 0 Å². The van der Waals surface area contributed by atoms with Crippen LogP contribution in [0.5, 0.6) is 5.75 Å². The minimum atomic E-state index is -1.50. The average molecular weight is 345 g/mol. The monoisotopic (exact) mass is 345 g/mol. The molecule has 0 radical (unpaired) electrons. The van der Waals surface area contributed by atoms with E-state index in [2.05, 4.69) is 40.8 Å². The number of ether oxygens (including phenoxy) is 2. The minimum Gasteiger partial charge on any atom is -0.501 e. The molecule has 0 fully saturated rings. The lowest BCUT2D eigenvalue weighted by Crippen LogP contribution is -2.16. The molecule has 0 amide bonds. The fourth-order valence-corrected chi connectivity index (χ4v) is 2.45. The number of aliphatic hydroxyl groups is 1. The first-order chi connectivity index (χ1) is 11.2. The van der Waals surface area contributed by atoms with Gasteiger partial charge >= 0.3 is 11.7 Å². The zero-order valence-corrected chi connectivity index (χ0v) is 15.5. The molecule has 0 unspecified atom stereocenters. The van der Waals surface area contributed by atoms with Crippen molar-refractivity contribution in [3.63, 3.8) is 0 Å². The third-order valence-corrected chi connectivity index (χ3v) is 3.85. The third-order valence-electron chi connectivity index (χ3n) is 2.92. The van der Waals surface area contributed by atoms with Gasteiger partial charge in [-0.3, -0.25) is 0 Å².